The van der Waals surface area contributed by atoms with E-state index < -0.39 is 0 Å². The average Bonchev–Trinajstić information content (AvgIpc) is 3.17. The Morgan fingerprint density at radius 3 is 2.90 bits per heavy atom. The lowest BCUT2D eigenvalue weighted by molar-refractivity contribution is -0.116. The first-order chi connectivity index (χ1) is 14.6. The van der Waals surface area contributed by atoms with Crippen LogP contribution in [0.5, 0.6) is 11.5 Å². The third kappa shape index (κ3) is 6.03. The van der Waals surface area contributed by atoms with E-state index in [1.54, 1.807) is 30.5 Å². The van der Waals surface area contributed by atoms with Crippen molar-refractivity contribution in [1.82, 2.24) is 4.98 Å². The third-order valence-electron chi connectivity index (χ3n) is 4.17. The number of rotatable bonds is 9. The van der Waals surface area contributed by atoms with Gasteiger partial charge in [-0.15, -0.1) is 11.3 Å². The van der Waals surface area contributed by atoms with Gasteiger partial charge in [-0.1, -0.05) is 12.1 Å². The van der Waals surface area contributed by atoms with Gasteiger partial charge in [0.15, 0.2) is 16.6 Å². The maximum atomic E-state index is 13.3. The number of aromatic nitrogens is 1. The van der Waals surface area contributed by atoms with Crippen LogP contribution < -0.4 is 14.8 Å². The van der Waals surface area contributed by atoms with E-state index in [9.17, 15) is 9.18 Å². The zero-order chi connectivity index (χ0) is 21.3. The summed E-state index contributed by atoms with van der Waals surface area (Å²) in [4.78, 5) is 17.3. The Morgan fingerprint density at radius 2 is 2.13 bits per heavy atom. The summed E-state index contributed by atoms with van der Waals surface area (Å²) in [7, 11) is 1.51. The molecule has 8 heteroatoms. The predicted molar refractivity (Wildman–Crippen MR) is 112 cm³/mol. The zero-order valence-corrected chi connectivity index (χ0v) is 17.2. The summed E-state index contributed by atoms with van der Waals surface area (Å²) < 4.78 is 24.1. The first-order valence-electron chi connectivity index (χ1n) is 9.27. The number of ether oxygens (including phenoxy) is 2. The molecule has 0 radical (unpaired) electrons. The number of anilines is 1. The Kier molecular flexibility index (Phi) is 7.35. The minimum absolute atomic E-state index is 0.156. The van der Waals surface area contributed by atoms with E-state index in [2.05, 4.69) is 10.3 Å². The molecular weight excluding hydrogens is 405 g/mol. The van der Waals surface area contributed by atoms with Gasteiger partial charge < -0.3 is 14.8 Å². The van der Waals surface area contributed by atoms with Gasteiger partial charge in [-0.05, 0) is 36.2 Å². The Bertz CT molecular complexity index is 1060. The molecule has 0 fully saturated rings. The van der Waals surface area contributed by atoms with E-state index in [4.69, 9.17) is 14.7 Å². The highest BCUT2D eigenvalue weighted by molar-refractivity contribution is 7.15. The smallest absolute Gasteiger partial charge is 0.226 e. The van der Waals surface area contributed by atoms with E-state index >= 15 is 0 Å². The Balaban J connectivity index is 1.43. The summed E-state index contributed by atoms with van der Waals surface area (Å²) in [5.74, 6) is 0.578. The standard InChI is InChI=1S/C22H20FN3O3S/c1-28-20-12-16(13-24)7-8-19(20)29-9-3-6-21(27)26-22-25-14-18(30-22)11-15-4-2-5-17(23)10-15/h2,4-5,7-8,10,12,14H,3,6,9,11H2,1H3,(H,25,26,27). The molecule has 1 N–H and O–H groups in total. The van der Waals surface area contributed by atoms with Gasteiger partial charge in [-0.2, -0.15) is 5.26 Å². The fraction of sp³-hybridized carbons (Fsp3) is 0.227. The van der Waals surface area contributed by atoms with Gasteiger partial charge in [0.2, 0.25) is 5.91 Å². The molecule has 0 aliphatic carbocycles. The molecule has 0 aliphatic rings. The number of nitrogens with zero attached hydrogens (tertiary/aromatic N) is 2. The number of carbonyl (C=O) groups is 1. The Labute approximate surface area is 177 Å². The zero-order valence-electron chi connectivity index (χ0n) is 16.4. The Morgan fingerprint density at radius 1 is 1.27 bits per heavy atom. The highest BCUT2D eigenvalue weighted by Gasteiger charge is 2.09. The van der Waals surface area contributed by atoms with Gasteiger partial charge in [0.1, 0.15) is 5.82 Å². The number of nitriles is 1. The van der Waals surface area contributed by atoms with Gasteiger partial charge in [0.05, 0.1) is 25.3 Å². The summed E-state index contributed by atoms with van der Waals surface area (Å²) in [6, 6.07) is 13.4. The average molecular weight is 425 g/mol. The van der Waals surface area contributed by atoms with Crippen LogP contribution in [0.2, 0.25) is 0 Å². The topological polar surface area (TPSA) is 84.2 Å². The van der Waals surface area contributed by atoms with Crippen molar-refractivity contribution in [3.8, 4) is 17.6 Å². The predicted octanol–water partition coefficient (Wildman–Crippen LogP) is 4.55. The largest absolute Gasteiger partial charge is 0.493 e. The van der Waals surface area contributed by atoms with Gasteiger partial charge >= 0.3 is 0 Å². The van der Waals surface area contributed by atoms with E-state index in [1.807, 2.05) is 12.1 Å². The van der Waals surface area contributed by atoms with Crippen LogP contribution in [0, 0.1) is 17.1 Å². The fourth-order valence-corrected chi connectivity index (χ4v) is 3.61. The maximum absolute atomic E-state index is 13.3. The molecule has 6 nitrogen and oxygen atoms in total. The lowest BCUT2D eigenvalue weighted by Gasteiger charge is -2.10. The molecule has 30 heavy (non-hydrogen) atoms. The maximum Gasteiger partial charge on any atom is 0.226 e. The van der Waals surface area contributed by atoms with Crippen molar-refractivity contribution in [2.75, 3.05) is 19.0 Å². The number of benzene rings is 2. The van der Waals surface area contributed by atoms with Crippen LogP contribution in [-0.4, -0.2) is 24.6 Å². The third-order valence-corrected chi connectivity index (χ3v) is 5.08. The normalized spacial score (nSPS) is 10.3. The molecule has 0 bridgehead atoms. The molecule has 2 aromatic carbocycles. The number of thiazole rings is 1. The van der Waals surface area contributed by atoms with Crippen molar-refractivity contribution >= 4 is 22.4 Å². The molecule has 1 heterocycles. The second kappa shape index (κ2) is 10.4. The molecule has 3 aromatic rings. The number of nitrogens with one attached hydrogen (secondary N) is 1. The number of amides is 1. The number of hydrogen-bond acceptors (Lipinski definition) is 6. The lowest BCUT2D eigenvalue weighted by Crippen LogP contribution is -2.12. The molecule has 1 amide bonds. The quantitative estimate of drug-likeness (QED) is 0.509. The van der Waals surface area contributed by atoms with Crippen LogP contribution in [0.3, 0.4) is 0 Å². The number of methoxy groups -OCH3 is 1. The van der Waals surface area contributed by atoms with E-state index in [0.717, 1.165) is 10.4 Å². The first-order valence-corrected chi connectivity index (χ1v) is 10.1. The van der Waals surface area contributed by atoms with Crippen molar-refractivity contribution in [3.05, 3.63) is 70.5 Å². The highest BCUT2D eigenvalue weighted by Crippen LogP contribution is 2.28. The number of carbonyl (C=O) groups excluding carboxylic acids is 1. The second-order valence-corrected chi connectivity index (χ2v) is 7.53. The molecule has 0 saturated carbocycles. The molecule has 0 saturated heterocycles. The summed E-state index contributed by atoms with van der Waals surface area (Å²) >= 11 is 1.37. The highest BCUT2D eigenvalue weighted by atomic mass is 32.1. The van der Waals surface area contributed by atoms with Crippen LogP contribution in [0.15, 0.2) is 48.7 Å². The molecule has 0 aliphatic heterocycles. The minimum atomic E-state index is -0.272. The number of hydrogen-bond donors (Lipinski definition) is 1. The van der Waals surface area contributed by atoms with Crippen molar-refractivity contribution in [1.29, 1.82) is 5.26 Å². The molecule has 0 spiro atoms. The SMILES string of the molecule is COc1cc(C#N)ccc1OCCCC(=O)Nc1ncc(Cc2cccc(F)c2)s1. The summed E-state index contributed by atoms with van der Waals surface area (Å²) in [5, 5.41) is 12.2. The van der Waals surface area contributed by atoms with Crippen LogP contribution in [0.4, 0.5) is 9.52 Å². The van der Waals surface area contributed by atoms with Crippen LogP contribution in [0.25, 0.3) is 0 Å². The summed E-state index contributed by atoms with van der Waals surface area (Å²) in [6.45, 7) is 0.332. The van der Waals surface area contributed by atoms with Crippen molar-refractivity contribution in [3.63, 3.8) is 0 Å². The molecular formula is C22H20FN3O3S. The molecule has 0 atom stereocenters. The van der Waals surface area contributed by atoms with Gasteiger partial charge in [-0.25, -0.2) is 9.37 Å². The van der Waals surface area contributed by atoms with Crippen molar-refractivity contribution in [2.45, 2.75) is 19.3 Å². The molecule has 154 valence electrons. The van der Waals surface area contributed by atoms with E-state index in [0.29, 0.717) is 41.6 Å². The van der Waals surface area contributed by atoms with Gasteiger partial charge in [0, 0.05) is 30.0 Å². The molecule has 1 aromatic heterocycles. The van der Waals surface area contributed by atoms with Gasteiger partial charge in [-0.3, -0.25) is 4.79 Å². The minimum Gasteiger partial charge on any atom is -0.493 e. The molecule has 0 unspecified atom stereocenters. The van der Waals surface area contributed by atoms with Gasteiger partial charge in [0.25, 0.3) is 0 Å². The summed E-state index contributed by atoms with van der Waals surface area (Å²) in [5.41, 5.74) is 1.34. The van der Waals surface area contributed by atoms with Crippen LogP contribution in [0.1, 0.15) is 28.8 Å². The first kappa shape index (κ1) is 21.3. The fourth-order valence-electron chi connectivity index (χ4n) is 2.75. The molecule has 3 rings (SSSR count). The van der Waals surface area contributed by atoms with Crippen LogP contribution in [-0.2, 0) is 11.2 Å². The summed E-state index contributed by atoms with van der Waals surface area (Å²) in [6.07, 6.45) is 3.03. The van der Waals surface area contributed by atoms with E-state index in [-0.39, 0.29) is 18.1 Å². The van der Waals surface area contributed by atoms with Crippen LogP contribution >= 0.6 is 11.3 Å². The monoisotopic (exact) mass is 425 g/mol. The Hall–Kier alpha value is -3.44. The lowest BCUT2D eigenvalue weighted by atomic mass is 10.1. The van der Waals surface area contributed by atoms with E-state index in [1.165, 1.54) is 30.6 Å². The number of halogens is 1. The van der Waals surface area contributed by atoms with Crippen molar-refractivity contribution < 1.29 is 18.7 Å². The van der Waals surface area contributed by atoms with Crippen molar-refractivity contribution in [2.24, 2.45) is 0 Å². The second-order valence-electron chi connectivity index (χ2n) is 6.42.